The maximum atomic E-state index is 11.7. The molecule has 0 aliphatic rings. The molecule has 0 atom stereocenters. The molecule has 0 saturated heterocycles. The van der Waals surface area contributed by atoms with Gasteiger partial charge in [0, 0.05) is 15.7 Å². The van der Waals surface area contributed by atoms with Crippen molar-refractivity contribution < 1.29 is 14.7 Å². The van der Waals surface area contributed by atoms with E-state index in [0.29, 0.717) is 11.3 Å². The lowest BCUT2D eigenvalue weighted by atomic mass is 10.2. The minimum atomic E-state index is -0.906. The van der Waals surface area contributed by atoms with Gasteiger partial charge in [-0.1, -0.05) is 33.6 Å². The number of carbonyl (C=O) groups is 2. The van der Waals surface area contributed by atoms with Crippen LogP contribution >= 0.6 is 15.9 Å². The molecular weight excluding hydrogens is 362 g/mol. The Kier molecular flexibility index (Phi) is 5.48. The first kappa shape index (κ1) is 16.7. The number of hydrogen-bond donors (Lipinski definition) is 3. The topological polar surface area (TPSA) is 90.8 Å². The Labute approximate surface area is 141 Å². The van der Waals surface area contributed by atoms with E-state index in [9.17, 15) is 14.7 Å². The van der Waals surface area contributed by atoms with Crippen molar-refractivity contribution in [3.63, 3.8) is 0 Å². The minimum absolute atomic E-state index is 0.00954. The molecule has 23 heavy (non-hydrogen) atoms. The van der Waals surface area contributed by atoms with Crippen LogP contribution in [0.4, 0.5) is 5.69 Å². The molecule has 7 heteroatoms. The number of halogens is 1. The second kappa shape index (κ2) is 7.55. The summed E-state index contributed by atoms with van der Waals surface area (Å²) in [4.78, 5) is 23.4. The zero-order chi connectivity index (χ0) is 16.8. The number of rotatable bonds is 3. The smallest absolute Gasteiger partial charge is 0.329 e. The molecule has 2 aromatic rings. The van der Waals surface area contributed by atoms with Crippen LogP contribution in [0.1, 0.15) is 11.1 Å². The van der Waals surface area contributed by atoms with Crippen LogP contribution in [0, 0.1) is 6.92 Å². The van der Waals surface area contributed by atoms with Gasteiger partial charge in [0.25, 0.3) is 0 Å². The van der Waals surface area contributed by atoms with Crippen LogP contribution in [0.25, 0.3) is 0 Å². The Balaban J connectivity index is 1.93. The second-order valence-corrected chi connectivity index (χ2v) is 5.64. The molecule has 0 radical (unpaired) electrons. The summed E-state index contributed by atoms with van der Waals surface area (Å²) in [5.41, 5.74) is 4.07. The number of hydrazone groups is 1. The Hall–Kier alpha value is -2.67. The lowest BCUT2D eigenvalue weighted by Gasteiger charge is -2.04. The van der Waals surface area contributed by atoms with Crippen molar-refractivity contribution in [1.29, 1.82) is 0 Å². The van der Waals surface area contributed by atoms with Gasteiger partial charge in [-0.3, -0.25) is 9.59 Å². The van der Waals surface area contributed by atoms with E-state index in [1.54, 1.807) is 24.3 Å². The zero-order valence-electron chi connectivity index (χ0n) is 12.2. The van der Waals surface area contributed by atoms with E-state index >= 15 is 0 Å². The van der Waals surface area contributed by atoms with Crippen LogP contribution < -0.4 is 10.7 Å². The number of hydrogen-bond acceptors (Lipinski definition) is 4. The highest BCUT2D eigenvalue weighted by Crippen LogP contribution is 2.19. The molecule has 0 aromatic heterocycles. The van der Waals surface area contributed by atoms with Crippen molar-refractivity contribution in [3.05, 3.63) is 58.1 Å². The van der Waals surface area contributed by atoms with E-state index in [1.165, 1.54) is 12.3 Å². The maximum Gasteiger partial charge on any atom is 0.329 e. The summed E-state index contributed by atoms with van der Waals surface area (Å²) in [6.45, 7) is 1.92. The molecule has 0 heterocycles. The number of aromatic hydroxyl groups is 1. The third-order valence-electron chi connectivity index (χ3n) is 2.87. The van der Waals surface area contributed by atoms with Crippen molar-refractivity contribution in [2.24, 2.45) is 5.10 Å². The van der Waals surface area contributed by atoms with Crippen LogP contribution in [-0.2, 0) is 9.59 Å². The van der Waals surface area contributed by atoms with E-state index < -0.39 is 11.8 Å². The average molecular weight is 376 g/mol. The Morgan fingerprint density at radius 2 is 1.83 bits per heavy atom. The predicted octanol–water partition coefficient (Wildman–Crippen LogP) is 2.55. The number of nitrogens with one attached hydrogen (secondary N) is 2. The molecule has 0 aliphatic carbocycles. The number of nitrogens with zero attached hydrogens (tertiary/aromatic N) is 1. The van der Waals surface area contributed by atoms with Crippen molar-refractivity contribution in [2.75, 3.05) is 5.32 Å². The van der Waals surface area contributed by atoms with Crippen LogP contribution in [-0.4, -0.2) is 23.1 Å². The third-order valence-corrected chi connectivity index (χ3v) is 3.37. The minimum Gasteiger partial charge on any atom is -0.507 e. The molecule has 2 rings (SSSR count). The SMILES string of the molecule is Cc1ccc(NC(=O)C(=O)NN=Cc2cc(Br)ccc2O)cc1. The molecule has 0 unspecified atom stereocenters. The Morgan fingerprint density at radius 1 is 1.13 bits per heavy atom. The molecule has 3 N–H and O–H groups in total. The first-order chi connectivity index (χ1) is 11.0. The van der Waals surface area contributed by atoms with Crippen molar-refractivity contribution in [1.82, 2.24) is 5.43 Å². The lowest BCUT2D eigenvalue weighted by Crippen LogP contribution is -2.32. The van der Waals surface area contributed by atoms with E-state index in [4.69, 9.17) is 0 Å². The molecule has 2 amide bonds. The van der Waals surface area contributed by atoms with Gasteiger partial charge in [-0.25, -0.2) is 5.43 Å². The molecule has 6 nitrogen and oxygen atoms in total. The van der Waals surface area contributed by atoms with Gasteiger partial charge in [-0.2, -0.15) is 5.10 Å². The number of phenols is 1. The fourth-order valence-electron chi connectivity index (χ4n) is 1.66. The zero-order valence-corrected chi connectivity index (χ0v) is 13.8. The third kappa shape index (κ3) is 4.93. The summed E-state index contributed by atoms with van der Waals surface area (Å²) in [6.07, 6.45) is 1.25. The van der Waals surface area contributed by atoms with Crippen LogP contribution in [0.5, 0.6) is 5.75 Å². The summed E-state index contributed by atoms with van der Waals surface area (Å²) in [5.74, 6) is -1.73. The molecule has 0 aliphatic heterocycles. The first-order valence-corrected chi connectivity index (χ1v) is 7.44. The highest BCUT2D eigenvalue weighted by molar-refractivity contribution is 9.10. The molecule has 0 spiro atoms. The van der Waals surface area contributed by atoms with E-state index in [2.05, 4.69) is 31.8 Å². The van der Waals surface area contributed by atoms with Gasteiger partial charge in [-0.15, -0.1) is 0 Å². The van der Waals surface area contributed by atoms with Gasteiger partial charge in [0.2, 0.25) is 0 Å². The van der Waals surface area contributed by atoms with Gasteiger partial charge in [-0.05, 0) is 37.3 Å². The summed E-state index contributed by atoms with van der Waals surface area (Å²) < 4.78 is 0.750. The number of carbonyl (C=O) groups excluding carboxylic acids is 2. The number of benzene rings is 2. The normalized spacial score (nSPS) is 10.5. The number of anilines is 1. The Morgan fingerprint density at radius 3 is 2.52 bits per heavy atom. The fourth-order valence-corrected chi connectivity index (χ4v) is 2.04. The van der Waals surface area contributed by atoms with Crippen LogP contribution in [0.2, 0.25) is 0 Å². The van der Waals surface area contributed by atoms with Crippen LogP contribution in [0.15, 0.2) is 52.0 Å². The Bertz CT molecular complexity index is 758. The summed E-state index contributed by atoms with van der Waals surface area (Å²) >= 11 is 3.26. The van der Waals surface area contributed by atoms with E-state index in [-0.39, 0.29) is 5.75 Å². The highest BCUT2D eigenvalue weighted by Gasteiger charge is 2.12. The molecule has 2 aromatic carbocycles. The maximum absolute atomic E-state index is 11.7. The van der Waals surface area contributed by atoms with E-state index in [1.807, 2.05) is 19.1 Å². The quantitative estimate of drug-likeness (QED) is 0.437. The summed E-state index contributed by atoms with van der Waals surface area (Å²) in [6, 6.07) is 11.8. The molecule has 0 bridgehead atoms. The monoisotopic (exact) mass is 375 g/mol. The lowest BCUT2D eigenvalue weighted by molar-refractivity contribution is -0.136. The fraction of sp³-hybridized carbons (Fsp3) is 0.0625. The van der Waals surface area contributed by atoms with Gasteiger partial charge in [0.05, 0.1) is 6.21 Å². The van der Waals surface area contributed by atoms with Crippen LogP contribution in [0.3, 0.4) is 0 Å². The number of phenolic OH excluding ortho intramolecular Hbond substituents is 1. The molecule has 118 valence electrons. The van der Waals surface area contributed by atoms with Crippen molar-refractivity contribution >= 4 is 39.6 Å². The first-order valence-electron chi connectivity index (χ1n) is 6.65. The largest absolute Gasteiger partial charge is 0.507 e. The van der Waals surface area contributed by atoms with Gasteiger partial charge >= 0.3 is 11.8 Å². The van der Waals surface area contributed by atoms with Crippen molar-refractivity contribution in [2.45, 2.75) is 6.92 Å². The molecule has 0 saturated carbocycles. The second-order valence-electron chi connectivity index (χ2n) is 4.72. The number of amides is 2. The molecule has 0 fully saturated rings. The predicted molar refractivity (Wildman–Crippen MR) is 91.4 cm³/mol. The molecular formula is C16H14BrN3O3. The van der Waals surface area contributed by atoms with E-state index in [0.717, 1.165) is 10.0 Å². The highest BCUT2D eigenvalue weighted by atomic mass is 79.9. The standard InChI is InChI=1S/C16H14BrN3O3/c1-10-2-5-13(6-3-10)19-15(22)16(23)20-18-9-11-8-12(17)4-7-14(11)21/h2-9,21H,1H3,(H,19,22)(H,20,23). The van der Waals surface area contributed by atoms with Gasteiger partial charge < -0.3 is 10.4 Å². The summed E-state index contributed by atoms with van der Waals surface area (Å²) in [5, 5.41) is 15.7. The summed E-state index contributed by atoms with van der Waals surface area (Å²) in [7, 11) is 0. The van der Waals surface area contributed by atoms with Gasteiger partial charge in [0.1, 0.15) is 5.75 Å². The average Bonchev–Trinajstić information content (AvgIpc) is 2.52. The van der Waals surface area contributed by atoms with Crippen molar-refractivity contribution in [3.8, 4) is 5.75 Å². The van der Waals surface area contributed by atoms with Gasteiger partial charge in [0.15, 0.2) is 0 Å². The number of aryl methyl sites for hydroxylation is 1.